The Kier molecular flexibility index (Phi) is 4.48. The van der Waals surface area contributed by atoms with Gasteiger partial charge in [-0.25, -0.2) is 0 Å². The standard InChI is InChI=1S/C22H25NO2/c1-16-8-10-17(11-9-16)13-18-5-4-12-23(15-18)22(24)21-14-19-6-2-3-7-20(19)25-21/h2-3,6-11,18,21H,4-5,12-15H2,1H3/t18-,21+/m0/s1. The van der Waals surface area contributed by atoms with E-state index in [-0.39, 0.29) is 12.0 Å². The SMILES string of the molecule is Cc1ccc(C[C@@H]2CCCN(C(=O)[C@H]3Cc4ccccc4O3)C2)cc1. The minimum atomic E-state index is -0.337. The molecule has 3 heteroatoms. The fourth-order valence-corrected chi connectivity index (χ4v) is 4.01. The van der Waals surface area contributed by atoms with Gasteiger partial charge in [-0.15, -0.1) is 0 Å². The Morgan fingerprint density at radius 1 is 1.16 bits per heavy atom. The number of carbonyl (C=O) groups excluding carboxylic acids is 1. The van der Waals surface area contributed by atoms with Crippen LogP contribution in [0.4, 0.5) is 0 Å². The summed E-state index contributed by atoms with van der Waals surface area (Å²) in [5, 5.41) is 0. The van der Waals surface area contributed by atoms with E-state index in [0.29, 0.717) is 12.3 Å². The van der Waals surface area contributed by atoms with E-state index in [9.17, 15) is 4.79 Å². The van der Waals surface area contributed by atoms with Gasteiger partial charge in [-0.3, -0.25) is 4.79 Å². The molecule has 25 heavy (non-hydrogen) atoms. The van der Waals surface area contributed by atoms with Crippen molar-refractivity contribution in [2.75, 3.05) is 13.1 Å². The van der Waals surface area contributed by atoms with Crippen molar-refractivity contribution in [3.63, 3.8) is 0 Å². The molecule has 2 aromatic carbocycles. The Hall–Kier alpha value is -2.29. The Balaban J connectivity index is 1.38. The molecule has 2 aliphatic heterocycles. The number of carbonyl (C=O) groups is 1. The third-order valence-electron chi connectivity index (χ3n) is 5.40. The average molecular weight is 335 g/mol. The summed E-state index contributed by atoms with van der Waals surface area (Å²) >= 11 is 0. The second-order valence-corrected chi connectivity index (χ2v) is 7.40. The van der Waals surface area contributed by atoms with Crippen LogP contribution in [0.1, 0.15) is 29.5 Å². The molecular formula is C22H25NO2. The number of rotatable bonds is 3. The van der Waals surface area contributed by atoms with E-state index in [4.69, 9.17) is 4.74 Å². The smallest absolute Gasteiger partial charge is 0.264 e. The maximum atomic E-state index is 12.9. The van der Waals surface area contributed by atoms with Crippen LogP contribution >= 0.6 is 0 Å². The number of fused-ring (bicyclic) bond motifs is 1. The molecule has 1 saturated heterocycles. The second-order valence-electron chi connectivity index (χ2n) is 7.40. The molecule has 0 radical (unpaired) electrons. The van der Waals surface area contributed by atoms with Gasteiger partial charge in [0, 0.05) is 19.5 Å². The van der Waals surface area contributed by atoms with Crippen molar-refractivity contribution < 1.29 is 9.53 Å². The summed E-state index contributed by atoms with van der Waals surface area (Å²) < 4.78 is 5.90. The highest BCUT2D eigenvalue weighted by Crippen LogP contribution is 2.30. The van der Waals surface area contributed by atoms with E-state index in [1.165, 1.54) is 17.5 Å². The molecule has 0 unspecified atom stereocenters. The number of hydrogen-bond acceptors (Lipinski definition) is 2. The third-order valence-corrected chi connectivity index (χ3v) is 5.40. The molecule has 4 rings (SSSR count). The molecule has 1 amide bonds. The molecule has 2 atom stereocenters. The van der Waals surface area contributed by atoms with E-state index >= 15 is 0 Å². The Morgan fingerprint density at radius 3 is 2.76 bits per heavy atom. The molecule has 2 aliphatic rings. The number of piperidine rings is 1. The first-order chi connectivity index (χ1) is 12.2. The van der Waals surface area contributed by atoms with Gasteiger partial charge in [0.2, 0.25) is 0 Å². The van der Waals surface area contributed by atoms with Crippen LogP contribution < -0.4 is 4.74 Å². The monoisotopic (exact) mass is 335 g/mol. The molecular weight excluding hydrogens is 310 g/mol. The van der Waals surface area contributed by atoms with Gasteiger partial charge < -0.3 is 9.64 Å². The van der Waals surface area contributed by atoms with Crippen LogP contribution in [0.3, 0.4) is 0 Å². The van der Waals surface area contributed by atoms with Crippen molar-refractivity contribution >= 4 is 5.91 Å². The number of para-hydroxylation sites is 1. The van der Waals surface area contributed by atoms with Crippen LogP contribution in [0.5, 0.6) is 5.75 Å². The summed E-state index contributed by atoms with van der Waals surface area (Å²) in [6.07, 6.45) is 3.70. The molecule has 2 aromatic rings. The highest BCUT2D eigenvalue weighted by atomic mass is 16.5. The van der Waals surface area contributed by atoms with Crippen molar-refractivity contribution in [1.82, 2.24) is 4.90 Å². The molecule has 0 N–H and O–H groups in total. The number of nitrogens with zero attached hydrogens (tertiary/aromatic N) is 1. The number of hydrogen-bond donors (Lipinski definition) is 0. The Labute approximate surface area is 149 Å². The summed E-state index contributed by atoms with van der Waals surface area (Å²) in [5.74, 6) is 1.57. The lowest BCUT2D eigenvalue weighted by molar-refractivity contribution is -0.139. The topological polar surface area (TPSA) is 29.5 Å². The zero-order chi connectivity index (χ0) is 17.2. The van der Waals surface area contributed by atoms with Crippen LogP contribution in [0, 0.1) is 12.8 Å². The maximum Gasteiger partial charge on any atom is 0.264 e. The van der Waals surface area contributed by atoms with Crippen molar-refractivity contribution in [2.45, 2.75) is 38.7 Å². The Bertz CT molecular complexity index is 728. The highest BCUT2D eigenvalue weighted by Gasteiger charge is 2.34. The average Bonchev–Trinajstić information content (AvgIpc) is 3.07. The Morgan fingerprint density at radius 2 is 1.96 bits per heavy atom. The number of likely N-dealkylation sites (tertiary alicyclic amines) is 1. The number of benzene rings is 2. The van der Waals surface area contributed by atoms with Crippen LogP contribution in [-0.2, 0) is 17.6 Å². The number of aryl methyl sites for hydroxylation is 1. The number of ether oxygens (including phenoxy) is 1. The predicted molar refractivity (Wildman–Crippen MR) is 98.7 cm³/mol. The summed E-state index contributed by atoms with van der Waals surface area (Å²) in [6.45, 7) is 3.83. The van der Waals surface area contributed by atoms with E-state index in [0.717, 1.165) is 37.2 Å². The quantitative estimate of drug-likeness (QED) is 0.854. The van der Waals surface area contributed by atoms with Gasteiger partial charge in [-0.2, -0.15) is 0 Å². The molecule has 130 valence electrons. The van der Waals surface area contributed by atoms with Gasteiger partial charge >= 0.3 is 0 Å². The zero-order valence-corrected chi connectivity index (χ0v) is 14.8. The lowest BCUT2D eigenvalue weighted by Gasteiger charge is -2.34. The van der Waals surface area contributed by atoms with E-state index in [1.54, 1.807) is 0 Å². The summed E-state index contributed by atoms with van der Waals surface area (Å²) in [5.41, 5.74) is 3.81. The molecule has 3 nitrogen and oxygen atoms in total. The normalized spacial score (nSPS) is 22.4. The van der Waals surface area contributed by atoms with Gasteiger partial charge in [0.1, 0.15) is 5.75 Å². The fourth-order valence-electron chi connectivity index (χ4n) is 4.01. The maximum absolute atomic E-state index is 12.9. The van der Waals surface area contributed by atoms with Gasteiger partial charge in [-0.1, -0.05) is 48.0 Å². The van der Waals surface area contributed by atoms with Gasteiger partial charge in [0.25, 0.3) is 5.91 Å². The largest absolute Gasteiger partial charge is 0.480 e. The molecule has 0 bridgehead atoms. The minimum Gasteiger partial charge on any atom is -0.480 e. The first kappa shape index (κ1) is 16.2. The molecule has 2 heterocycles. The van der Waals surface area contributed by atoms with Crippen LogP contribution in [0.15, 0.2) is 48.5 Å². The minimum absolute atomic E-state index is 0.157. The first-order valence-corrected chi connectivity index (χ1v) is 9.28. The van der Waals surface area contributed by atoms with Crippen molar-refractivity contribution in [3.05, 3.63) is 65.2 Å². The molecule has 0 spiro atoms. The van der Waals surface area contributed by atoms with Gasteiger partial charge in [-0.05, 0) is 49.3 Å². The molecule has 0 aliphatic carbocycles. The van der Waals surface area contributed by atoms with Crippen LogP contribution in [0.2, 0.25) is 0 Å². The predicted octanol–water partition coefficient (Wildman–Crippen LogP) is 3.78. The zero-order valence-electron chi connectivity index (χ0n) is 14.8. The molecule has 0 aromatic heterocycles. The van der Waals surface area contributed by atoms with Crippen LogP contribution in [0.25, 0.3) is 0 Å². The summed E-state index contributed by atoms with van der Waals surface area (Å²) in [6, 6.07) is 16.8. The molecule has 0 saturated carbocycles. The van der Waals surface area contributed by atoms with Gasteiger partial charge in [0.05, 0.1) is 0 Å². The summed E-state index contributed by atoms with van der Waals surface area (Å²) in [4.78, 5) is 14.9. The third kappa shape index (κ3) is 3.55. The van der Waals surface area contributed by atoms with Gasteiger partial charge in [0.15, 0.2) is 6.10 Å². The fraction of sp³-hybridized carbons (Fsp3) is 0.409. The van der Waals surface area contributed by atoms with Crippen LogP contribution in [-0.4, -0.2) is 30.0 Å². The van der Waals surface area contributed by atoms with E-state index in [2.05, 4.69) is 37.3 Å². The second kappa shape index (κ2) is 6.91. The van der Waals surface area contributed by atoms with Crippen molar-refractivity contribution in [3.8, 4) is 5.75 Å². The van der Waals surface area contributed by atoms with E-state index < -0.39 is 0 Å². The summed E-state index contributed by atoms with van der Waals surface area (Å²) in [7, 11) is 0. The lowest BCUT2D eigenvalue weighted by atomic mass is 9.90. The number of amides is 1. The van der Waals surface area contributed by atoms with Crippen molar-refractivity contribution in [1.29, 1.82) is 0 Å². The van der Waals surface area contributed by atoms with Crippen molar-refractivity contribution in [2.24, 2.45) is 5.92 Å². The first-order valence-electron chi connectivity index (χ1n) is 9.28. The highest BCUT2D eigenvalue weighted by molar-refractivity contribution is 5.82. The molecule has 1 fully saturated rings. The van der Waals surface area contributed by atoms with E-state index in [1.807, 2.05) is 23.1 Å². The lowest BCUT2D eigenvalue weighted by Crippen LogP contribution is -2.46.